The van der Waals surface area contributed by atoms with Crippen molar-refractivity contribution in [3.05, 3.63) is 111 Å². The first-order valence-corrected chi connectivity index (χ1v) is 10.9. The molecule has 33 heavy (non-hydrogen) atoms. The van der Waals surface area contributed by atoms with Crippen LogP contribution in [0.2, 0.25) is 0 Å². The number of aryl methyl sites for hydroxylation is 1. The van der Waals surface area contributed by atoms with Crippen LogP contribution in [0.15, 0.2) is 88.1 Å². The van der Waals surface area contributed by atoms with Crippen LogP contribution in [0.3, 0.4) is 0 Å². The Morgan fingerprint density at radius 2 is 1.76 bits per heavy atom. The van der Waals surface area contributed by atoms with Gasteiger partial charge in [0, 0.05) is 17.0 Å². The van der Waals surface area contributed by atoms with E-state index in [1.807, 2.05) is 84.3 Å². The molecule has 0 amide bonds. The first-order valence-electron chi connectivity index (χ1n) is 10.5. The number of aromatic amines is 1. The van der Waals surface area contributed by atoms with Crippen LogP contribution in [0.25, 0.3) is 22.1 Å². The topological polar surface area (TPSA) is 73.0 Å². The predicted molar refractivity (Wildman–Crippen MR) is 130 cm³/mol. The van der Waals surface area contributed by atoms with Crippen LogP contribution in [-0.2, 0) is 13.2 Å². The molecule has 3 aromatic carbocycles. The zero-order chi connectivity index (χ0) is 22.8. The molecule has 6 nitrogen and oxygen atoms in total. The smallest absolute Gasteiger partial charge is 0.336 e. The zero-order valence-corrected chi connectivity index (χ0v) is 18.8. The minimum atomic E-state index is -0.398. The Hall–Kier alpha value is -3.97. The van der Waals surface area contributed by atoms with Crippen LogP contribution in [0.5, 0.6) is 5.75 Å². The van der Waals surface area contributed by atoms with Crippen molar-refractivity contribution < 1.29 is 9.15 Å². The number of nitrogens with zero attached hydrogens (tertiary/aromatic N) is 2. The molecule has 0 spiro atoms. The summed E-state index contributed by atoms with van der Waals surface area (Å²) in [4.78, 5) is 12.3. The lowest BCUT2D eigenvalue weighted by molar-refractivity contribution is 0.288. The zero-order valence-electron chi connectivity index (χ0n) is 17.9. The summed E-state index contributed by atoms with van der Waals surface area (Å²) in [5, 5.41) is 8.04. The Kier molecular flexibility index (Phi) is 5.62. The van der Waals surface area contributed by atoms with Crippen LogP contribution in [0, 0.1) is 11.7 Å². The molecule has 5 rings (SSSR count). The van der Waals surface area contributed by atoms with Gasteiger partial charge in [-0.05, 0) is 48.0 Å². The third-order valence-corrected chi connectivity index (χ3v) is 5.89. The average molecular weight is 456 g/mol. The maximum atomic E-state index is 12.3. The van der Waals surface area contributed by atoms with Crippen LogP contribution in [-0.4, -0.2) is 14.8 Å². The van der Waals surface area contributed by atoms with Gasteiger partial charge in [0.05, 0.1) is 6.54 Å². The van der Waals surface area contributed by atoms with Crippen molar-refractivity contribution in [2.24, 2.45) is 0 Å². The lowest BCUT2D eigenvalue weighted by Gasteiger charge is -2.13. The number of nitrogens with one attached hydrogen (secondary N) is 1. The van der Waals surface area contributed by atoms with Gasteiger partial charge in [-0.15, -0.1) is 0 Å². The van der Waals surface area contributed by atoms with Crippen LogP contribution < -0.4 is 10.4 Å². The van der Waals surface area contributed by atoms with E-state index in [0.29, 0.717) is 28.5 Å². The van der Waals surface area contributed by atoms with E-state index in [4.69, 9.17) is 21.4 Å². The van der Waals surface area contributed by atoms with Crippen molar-refractivity contribution >= 4 is 23.2 Å². The van der Waals surface area contributed by atoms with Gasteiger partial charge in [0.25, 0.3) is 0 Å². The van der Waals surface area contributed by atoms with Crippen LogP contribution >= 0.6 is 12.2 Å². The van der Waals surface area contributed by atoms with Crippen molar-refractivity contribution in [1.82, 2.24) is 14.8 Å². The molecule has 0 fully saturated rings. The Morgan fingerprint density at radius 1 is 1.03 bits per heavy atom. The molecule has 0 aliphatic carbocycles. The number of H-pyrrole nitrogens is 1. The van der Waals surface area contributed by atoms with E-state index in [9.17, 15) is 4.79 Å². The molecule has 2 heterocycles. The normalized spacial score (nSPS) is 11.1. The maximum Gasteiger partial charge on any atom is 0.336 e. The van der Waals surface area contributed by atoms with Gasteiger partial charge in [0.2, 0.25) is 0 Å². The van der Waals surface area contributed by atoms with E-state index in [0.717, 1.165) is 27.6 Å². The first kappa shape index (κ1) is 20.9. The number of hydrogen-bond donors (Lipinski definition) is 1. The molecule has 0 saturated carbocycles. The summed E-state index contributed by atoms with van der Waals surface area (Å²) in [5.74, 6) is 1.30. The summed E-state index contributed by atoms with van der Waals surface area (Å²) in [6.45, 7) is 2.70. The standard InChI is InChI=1S/C26H21N3O3S/c1-17-22(31-16-23-27-28-26(33)29(23)15-18-8-4-2-5-9-18)13-12-20-21(14-24(30)32-25(17)20)19-10-6-3-7-11-19/h2-14H,15-16H2,1H3,(H,28,33). The summed E-state index contributed by atoms with van der Waals surface area (Å²) in [5.41, 5.74) is 3.78. The number of hydrogen-bond acceptors (Lipinski definition) is 5. The van der Waals surface area contributed by atoms with Gasteiger partial charge in [-0.25, -0.2) is 4.79 Å². The minimum absolute atomic E-state index is 0.217. The van der Waals surface area contributed by atoms with Crippen molar-refractivity contribution in [2.45, 2.75) is 20.1 Å². The Bertz CT molecular complexity index is 1540. The number of rotatable bonds is 6. The summed E-state index contributed by atoms with van der Waals surface area (Å²) in [6.07, 6.45) is 0. The van der Waals surface area contributed by atoms with Gasteiger partial charge in [0.15, 0.2) is 10.6 Å². The van der Waals surface area contributed by atoms with Gasteiger partial charge in [-0.3, -0.25) is 9.67 Å². The molecular formula is C26H21N3O3S. The van der Waals surface area contributed by atoms with Crippen molar-refractivity contribution in [3.63, 3.8) is 0 Å². The van der Waals surface area contributed by atoms with Gasteiger partial charge < -0.3 is 9.15 Å². The van der Waals surface area contributed by atoms with E-state index in [2.05, 4.69) is 10.2 Å². The molecule has 0 atom stereocenters. The third-order valence-electron chi connectivity index (χ3n) is 5.57. The Morgan fingerprint density at radius 3 is 2.52 bits per heavy atom. The van der Waals surface area contributed by atoms with Crippen LogP contribution in [0.1, 0.15) is 17.0 Å². The molecule has 0 aliphatic rings. The highest BCUT2D eigenvalue weighted by atomic mass is 32.1. The highest BCUT2D eigenvalue weighted by Crippen LogP contribution is 2.33. The molecular weight excluding hydrogens is 434 g/mol. The second kappa shape index (κ2) is 8.88. The quantitative estimate of drug-likeness (QED) is 0.265. The molecule has 164 valence electrons. The molecule has 0 bridgehead atoms. The fraction of sp³-hybridized carbons (Fsp3) is 0.115. The fourth-order valence-electron chi connectivity index (χ4n) is 3.89. The second-order valence-electron chi connectivity index (χ2n) is 7.72. The van der Waals surface area contributed by atoms with E-state index in [1.165, 1.54) is 6.07 Å². The molecule has 1 N–H and O–H groups in total. The van der Waals surface area contributed by atoms with Crippen molar-refractivity contribution in [3.8, 4) is 16.9 Å². The summed E-state index contributed by atoms with van der Waals surface area (Å²) in [6, 6.07) is 25.2. The van der Waals surface area contributed by atoms with Crippen LogP contribution in [0.4, 0.5) is 0 Å². The monoisotopic (exact) mass is 455 g/mol. The Balaban J connectivity index is 1.46. The fourth-order valence-corrected chi connectivity index (χ4v) is 4.10. The largest absolute Gasteiger partial charge is 0.485 e. The minimum Gasteiger partial charge on any atom is -0.485 e. The molecule has 0 saturated heterocycles. The van der Waals surface area contributed by atoms with E-state index in [-0.39, 0.29) is 6.61 Å². The summed E-state index contributed by atoms with van der Waals surface area (Å²) < 4.78 is 14.1. The SMILES string of the molecule is Cc1c(OCc2n[nH]c(=S)n2Cc2ccccc2)ccc2c(-c3ccccc3)cc(=O)oc12. The lowest BCUT2D eigenvalue weighted by Crippen LogP contribution is -2.09. The molecule has 2 aromatic heterocycles. The summed E-state index contributed by atoms with van der Waals surface area (Å²) >= 11 is 5.41. The van der Waals surface area contributed by atoms with Gasteiger partial charge in [-0.2, -0.15) is 5.10 Å². The molecule has 7 heteroatoms. The van der Waals surface area contributed by atoms with E-state index >= 15 is 0 Å². The van der Waals surface area contributed by atoms with Crippen molar-refractivity contribution in [1.29, 1.82) is 0 Å². The van der Waals surface area contributed by atoms with Crippen molar-refractivity contribution in [2.75, 3.05) is 0 Å². The third kappa shape index (κ3) is 4.23. The van der Waals surface area contributed by atoms with E-state index < -0.39 is 5.63 Å². The van der Waals surface area contributed by atoms with Gasteiger partial charge >= 0.3 is 5.63 Å². The molecule has 0 aliphatic heterocycles. The summed E-state index contributed by atoms with van der Waals surface area (Å²) in [7, 11) is 0. The molecule has 5 aromatic rings. The number of aromatic nitrogens is 3. The van der Waals surface area contributed by atoms with E-state index in [1.54, 1.807) is 0 Å². The maximum absolute atomic E-state index is 12.3. The number of benzene rings is 3. The average Bonchev–Trinajstić information content (AvgIpc) is 3.19. The predicted octanol–water partition coefficient (Wildman–Crippen LogP) is 5.65. The Labute approximate surface area is 195 Å². The second-order valence-corrected chi connectivity index (χ2v) is 8.10. The lowest BCUT2D eigenvalue weighted by atomic mass is 10.0. The highest BCUT2D eigenvalue weighted by Gasteiger charge is 2.14. The molecule has 0 radical (unpaired) electrons. The van der Waals surface area contributed by atoms with Gasteiger partial charge in [0.1, 0.15) is 17.9 Å². The number of ether oxygens (including phenoxy) is 1. The first-order chi connectivity index (χ1) is 16.1. The number of fused-ring (bicyclic) bond motifs is 1. The molecule has 0 unspecified atom stereocenters. The highest BCUT2D eigenvalue weighted by molar-refractivity contribution is 7.71. The van der Waals surface area contributed by atoms with Gasteiger partial charge in [-0.1, -0.05) is 60.7 Å².